The Labute approximate surface area is 181 Å². The molecule has 2 unspecified atom stereocenters. The predicted octanol–water partition coefficient (Wildman–Crippen LogP) is 7.58. The van der Waals surface area contributed by atoms with E-state index in [-0.39, 0.29) is 5.60 Å². The molecule has 3 nitrogen and oxygen atoms in total. The Hall–Kier alpha value is -0.540. The highest BCUT2D eigenvalue weighted by Crippen LogP contribution is 2.42. The highest BCUT2D eigenvalue weighted by Gasteiger charge is 2.40. The van der Waals surface area contributed by atoms with E-state index in [9.17, 15) is 0 Å². The average molecular weight is 409 g/mol. The molecule has 3 heteroatoms. The van der Waals surface area contributed by atoms with Gasteiger partial charge in [0.15, 0.2) is 0 Å². The third kappa shape index (κ3) is 10.4. The number of epoxide rings is 1. The molecule has 2 aliphatic rings. The largest absolute Gasteiger partial charge is 0.502 e. The molecule has 1 aliphatic carbocycles. The zero-order valence-electron chi connectivity index (χ0n) is 19.3. The van der Waals surface area contributed by atoms with Crippen LogP contribution in [0.15, 0.2) is 12.8 Å². The summed E-state index contributed by atoms with van der Waals surface area (Å²) in [4.78, 5) is 0. The molecule has 1 aliphatic heterocycles. The van der Waals surface area contributed by atoms with Crippen molar-refractivity contribution in [1.82, 2.24) is 0 Å². The first-order valence-electron chi connectivity index (χ1n) is 12.8. The maximum atomic E-state index is 6.79. The van der Waals surface area contributed by atoms with Gasteiger partial charge in [-0.2, -0.15) is 0 Å². The monoisotopic (exact) mass is 408 g/mol. The van der Waals surface area contributed by atoms with E-state index >= 15 is 0 Å². The Kier molecular flexibility index (Phi) is 13.0. The van der Waals surface area contributed by atoms with Gasteiger partial charge in [0.2, 0.25) is 0 Å². The van der Waals surface area contributed by atoms with Gasteiger partial charge < -0.3 is 14.2 Å². The van der Waals surface area contributed by atoms with E-state index in [1.165, 1.54) is 103 Å². The molecule has 1 heterocycles. The summed E-state index contributed by atoms with van der Waals surface area (Å²) in [6, 6.07) is 0. The first kappa shape index (κ1) is 24.7. The Morgan fingerprint density at radius 2 is 1.52 bits per heavy atom. The van der Waals surface area contributed by atoms with Crippen molar-refractivity contribution in [3.8, 4) is 0 Å². The number of hydrogen-bond donors (Lipinski definition) is 0. The number of ether oxygens (including phenoxy) is 3. The predicted molar refractivity (Wildman–Crippen MR) is 122 cm³/mol. The summed E-state index contributed by atoms with van der Waals surface area (Å²) in [5, 5.41) is 0. The molecule has 0 aromatic carbocycles. The van der Waals surface area contributed by atoms with Crippen molar-refractivity contribution in [3.63, 3.8) is 0 Å². The van der Waals surface area contributed by atoms with Gasteiger partial charge in [0.05, 0.1) is 31.7 Å². The van der Waals surface area contributed by atoms with E-state index in [0.717, 1.165) is 32.2 Å². The molecule has 1 saturated heterocycles. The van der Waals surface area contributed by atoms with Gasteiger partial charge in [0.1, 0.15) is 6.10 Å². The van der Waals surface area contributed by atoms with Crippen molar-refractivity contribution in [2.45, 2.75) is 128 Å². The van der Waals surface area contributed by atoms with Crippen LogP contribution >= 0.6 is 0 Å². The van der Waals surface area contributed by atoms with E-state index in [1.54, 1.807) is 6.26 Å². The molecule has 0 N–H and O–H groups in total. The Morgan fingerprint density at radius 3 is 2.14 bits per heavy atom. The van der Waals surface area contributed by atoms with E-state index in [0.29, 0.717) is 6.10 Å². The van der Waals surface area contributed by atoms with Crippen molar-refractivity contribution < 1.29 is 14.2 Å². The Balaban J connectivity index is 1.86. The fraction of sp³-hybridized carbons (Fsp3) is 0.923. The van der Waals surface area contributed by atoms with Crippen LogP contribution in [0.3, 0.4) is 0 Å². The SMILES string of the molecule is C=COCCCCCC(CCCCCCCCC)(OCC1CO1)C1CCCCC1. The molecule has 0 spiro atoms. The lowest BCUT2D eigenvalue weighted by Gasteiger charge is -2.43. The Bertz CT molecular complexity index is 401. The van der Waals surface area contributed by atoms with Crippen LogP contribution in [0.25, 0.3) is 0 Å². The molecule has 2 rings (SSSR count). The second-order valence-electron chi connectivity index (χ2n) is 9.39. The van der Waals surface area contributed by atoms with Gasteiger partial charge in [-0.05, 0) is 44.4 Å². The van der Waals surface area contributed by atoms with Crippen molar-refractivity contribution in [1.29, 1.82) is 0 Å². The van der Waals surface area contributed by atoms with Crippen LogP contribution in [0.4, 0.5) is 0 Å². The van der Waals surface area contributed by atoms with Crippen LogP contribution in [0.1, 0.15) is 116 Å². The van der Waals surface area contributed by atoms with Crippen LogP contribution in [0, 0.1) is 5.92 Å². The van der Waals surface area contributed by atoms with Crippen molar-refractivity contribution in [2.75, 3.05) is 19.8 Å². The van der Waals surface area contributed by atoms with Crippen LogP contribution in [-0.4, -0.2) is 31.5 Å². The minimum Gasteiger partial charge on any atom is -0.502 e. The van der Waals surface area contributed by atoms with Gasteiger partial charge in [-0.3, -0.25) is 0 Å². The summed E-state index contributed by atoms with van der Waals surface area (Å²) in [5.41, 5.74) is 0.0923. The molecule has 1 saturated carbocycles. The Morgan fingerprint density at radius 1 is 0.897 bits per heavy atom. The van der Waals surface area contributed by atoms with E-state index in [2.05, 4.69) is 13.5 Å². The molecule has 0 amide bonds. The summed E-state index contributed by atoms with van der Waals surface area (Å²) < 4.78 is 17.6. The third-order valence-corrected chi connectivity index (χ3v) is 6.99. The molecule has 29 heavy (non-hydrogen) atoms. The van der Waals surface area contributed by atoms with Crippen molar-refractivity contribution in [2.24, 2.45) is 5.92 Å². The molecule has 170 valence electrons. The van der Waals surface area contributed by atoms with Gasteiger partial charge in [-0.1, -0.05) is 84.1 Å². The quantitative estimate of drug-likeness (QED) is 0.125. The first-order valence-corrected chi connectivity index (χ1v) is 12.8. The van der Waals surface area contributed by atoms with Gasteiger partial charge in [0.25, 0.3) is 0 Å². The van der Waals surface area contributed by atoms with Gasteiger partial charge in [-0.15, -0.1) is 0 Å². The van der Waals surface area contributed by atoms with Crippen LogP contribution in [0.2, 0.25) is 0 Å². The van der Waals surface area contributed by atoms with Gasteiger partial charge in [-0.25, -0.2) is 0 Å². The molecular weight excluding hydrogens is 360 g/mol. The highest BCUT2D eigenvalue weighted by molar-refractivity contribution is 4.91. The molecule has 0 bridgehead atoms. The maximum Gasteiger partial charge on any atom is 0.104 e. The van der Waals surface area contributed by atoms with Crippen LogP contribution in [0.5, 0.6) is 0 Å². The topological polar surface area (TPSA) is 31.0 Å². The zero-order chi connectivity index (χ0) is 20.6. The molecule has 2 atom stereocenters. The third-order valence-electron chi connectivity index (χ3n) is 6.99. The van der Waals surface area contributed by atoms with Crippen molar-refractivity contribution >= 4 is 0 Å². The summed E-state index contributed by atoms with van der Waals surface area (Å²) in [5.74, 6) is 0.750. The molecule has 0 radical (unpaired) electrons. The fourth-order valence-corrected chi connectivity index (χ4v) is 5.10. The van der Waals surface area contributed by atoms with E-state index in [4.69, 9.17) is 14.2 Å². The fourth-order valence-electron chi connectivity index (χ4n) is 5.10. The minimum absolute atomic E-state index is 0.0923. The first-order chi connectivity index (χ1) is 14.3. The smallest absolute Gasteiger partial charge is 0.104 e. The molecule has 0 aromatic heterocycles. The number of rotatable bonds is 19. The van der Waals surface area contributed by atoms with Gasteiger partial charge in [0, 0.05) is 0 Å². The molecule has 0 aromatic rings. The van der Waals surface area contributed by atoms with Crippen LogP contribution < -0.4 is 0 Å². The number of unbranched alkanes of at least 4 members (excludes halogenated alkanes) is 8. The zero-order valence-corrected chi connectivity index (χ0v) is 19.3. The molecular formula is C26H48O3. The molecule has 2 fully saturated rings. The lowest BCUT2D eigenvalue weighted by atomic mass is 9.71. The van der Waals surface area contributed by atoms with Crippen LogP contribution in [-0.2, 0) is 14.2 Å². The van der Waals surface area contributed by atoms with Gasteiger partial charge >= 0.3 is 0 Å². The van der Waals surface area contributed by atoms with E-state index in [1.807, 2.05) is 0 Å². The average Bonchev–Trinajstić information content (AvgIpc) is 3.58. The standard InChI is InChI=1S/C26H48O3/c1-3-5-6-7-8-9-14-19-26(29-23-25-22-28-25,24-17-12-10-13-18-24)20-15-11-16-21-27-4-2/h4,24-25H,2-3,5-23H2,1H3. The normalized spacial score (nSPS) is 21.6. The second kappa shape index (κ2) is 15.3. The summed E-state index contributed by atoms with van der Waals surface area (Å²) >= 11 is 0. The minimum atomic E-state index is 0.0923. The second-order valence-corrected chi connectivity index (χ2v) is 9.39. The number of hydrogen-bond acceptors (Lipinski definition) is 3. The summed E-state index contributed by atoms with van der Waals surface area (Å²) in [6.07, 6.45) is 24.5. The summed E-state index contributed by atoms with van der Waals surface area (Å²) in [7, 11) is 0. The summed E-state index contributed by atoms with van der Waals surface area (Å²) in [6.45, 7) is 8.44. The van der Waals surface area contributed by atoms with E-state index < -0.39 is 0 Å². The lowest BCUT2D eigenvalue weighted by molar-refractivity contribution is -0.114. The maximum absolute atomic E-state index is 6.79. The lowest BCUT2D eigenvalue weighted by Crippen LogP contribution is -2.43. The van der Waals surface area contributed by atoms with Crippen molar-refractivity contribution in [3.05, 3.63) is 12.8 Å². The highest BCUT2D eigenvalue weighted by atomic mass is 16.6.